The summed E-state index contributed by atoms with van der Waals surface area (Å²) in [6.07, 6.45) is 1.67. The second-order valence-corrected chi connectivity index (χ2v) is 5.42. The number of thioether (sulfide) groups is 1. The van der Waals surface area contributed by atoms with Gasteiger partial charge in [0.2, 0.25) is 0 Å². The van der Waals surface area contributed by atoms with Crippen molar-refractivity contribution in [3.63, 3.8) is 0 Å². The smallest absolute Gasteiger partial charge is 0.126 e. The van der Waals surface area contributed by atoms with Gasteiger partial charge in [-0.25, -0.2) is 8.78 Å². The van der Waals surface area contributed by atoms with Crippen LogP contribution in [0.4, 0.5) is 8.78 Å². The summed E-state index contributed by atoms with van der Waals surface area (Å²) in [6.45, 7) is 5.01. The average molecular weight is 273 g/mol. The first-order chi connectivity index (χ1) is 8.67. The van der Waals surface area contributed by atoms with Crippen molar-refractivity contribution in [3.8, 4) is 0 Å². The molecule has 0 aliphatic heterocycles. The lowest BCUT2D eigenvalue weighted by Gasteiger charge is -2.18. The van der Waals surface area contributed by atoms with Crippen molar-refractivity contribution < 1.29 is 8.78 Å². The normalized spacial score (nSPS) is 12.7. The molecule has 0 aliphatic carbocycles. The molecule has 1 unspecified atom stereocenters. The van der Waals surface area contributed by atoms with Crippen molar-refractivity contribution >= 4 is 11.8 Å². The summed E-state index contributed by atoms with van der Waals surface area (Å²) in [4.78, 5) is 0. The van der Waals surface area contributed by atoms with Crippen LogP contribution in [0.1, 0.15) is 25.8 Å². The standard InChI is InChI=1S/C14H21F2NS/c1-3-7-18-10-13(17-4-2)9-11-8-12(15)5-6-14(11)16/h5-6,8,13,17H,3-4,7,9-10H2,1-2H3. The lowest BCUT2D eigenvalue weighted by molar-refractivity contribution is 0.537. The highest BCUT2D eigenvalue weighted by Crippen LogP contribution is 2.14. The average Bonchev–Trinajstić information content (AvgIpc) is 2.34. The van der Waals surface area contributed by atoms with Crippen molar-refractivity contribution in [2.45, 2.75) is 32.7 Å². The molecule has 0 bridgehead atoms. The topological polar surface area (TPSA) is 12.0 Å². The minimum absolute atomic E-state index is 0.197. The Kier molecular flexibility index (Phi) is 7.28. The molecule has 0 fully saturated rings. The molecule has 1 rings (SSSR count). The Morgan fingerprint density at radius 1 is 1.28 bits per heavy atom. The second kappa shape index (κ2) is 8.48. The van der Waals surface area contributed by atoms with Crippen LogP contribution in [0.5, 0.6) is 0 Å². The summed E-state index contributed by atoms with van der Waals surface area (Å²) in [5.41, 5.74) is 0.457. The monoisotopic (exact) mass is 273 g/mol. The van der Waals surface area contributed by atoms with E-state index in [-0.39, 0.29) is 17.7 Å². The van der Waals surface area contributed by atoms with E-state index in [1.54, 1.807) is 0 Å². The Morgan fingerprint density at radius 2 is 2.06 bits per heavy atom. The second-order valence-electron chi connectivity index (χ2n) is 4.27. The summed E-state index contributed by atoms with van der Waals surface area (Å²) in [7, 11) is 0. The molecule has 0 spiro atoms. The predicted octanol–water partition coefficient (Wildman–Crippen LogP) is 3.63. The van der Waals surface area contributed by atoms with Gasteiger partial charge in [0, 0.05) is 11.8 Å². The van der Waals surface area contributed by atoms with Crippen molar-refractivity contribution in [2.75, 3.05) is 18.1 Å². The zero-order valence-electron chi connectivity index (χ0n) is 11.0. The summed E-state index contributed by atoms with van der Waals surface area (Å²) in [5.74, 6) is 1.34. The van der Waals surface area contributed by atoms with E-state index < -0.39 is 0 Å². The highest BCUT2D eigenvalue weighted by molar-refractivity contribution is 7.99. The van der Waals surface area contributed by atoms with Gasteiger partial charge in [0.05, 0.1) is 0 Å². The number of halogens is 2. The molecule has 0 amide bonds. The Bertz CT molecular complexity index is 358. The molecule has 4 heteroatoms. The third kappa shape index (κ3) is 5.36. The van der Waals surface area contributed by atoms with Crippen LogP contribution < -0.4 is 5.32 Å². The summed E-state index contributed by atoms with van der Waals surface area (Å²) in [5, 5.41) is 3.33. The van der Waals surface area contributed by atoms with Crippen molar-refractivity contribution in [1.82, 2.24) is 5.32 Å². The maximum Gasteiger partial charge on any atom is 0.126 e. The molecular weight excluding hydrogens is 252 g/mol. The highest BCUT2D eigenvalue weighted by atomic mass is 32.2. The Hall–Kier alpha value is -0.610. The van der Waals surface area contributed by atoms with Gasteiger partial charge in [0.1, 0.15) is 11.6 Å². The van der Waals surface area contributed by atoms with Gasteiger partial charge in [-0.05, 0) is 48.9 Å². The number of hydrogen-bond acceptors (Lipinski definition) is 2. The molecule has 0 saturated carbocycles. The Labute approximate surface area is 112 Å². The number of nitrogens with one attached hydrogen (secondary N) is 1. The fourth-order valence-corrected chi connectivity index (χ4v) is 2.79. The molecule has 18 heavy (non-hydrogen) atoms. The van der Waals surface area contributed by atoms with E-state index in [1.807, 2.05) is 18.7 Å². The molecule has 0 radical (unpaired) electrons. The van der Waals surface area contributed by atoms with Gasteiger partial charge >= 0.3 is 0 Å². The van der Waals surface area contributed by atoms with Gasteiger partial charge in [0.25, 0.3) is 0 Å². The van der Waals surface area contributed by atoms with Crippen molar-refractivity contribution in [2.24, 2.45) is 0 Å². The largest absolute Gasteiger partial charge is 0.313 e. The minimum Gasteiger partial charge on any atom is -0.313 e. The first-order valence-corrected chi connectivity index (χ1v) is 7.57. The quantitative estimate of drug-likeness (QED) is 0.726. The maximum absolute atomic E-state index is 13.6. The van der Waals surface area contributed by atoms with Crippen LogP contribution in [0.3, 0.4) is 0 Å². The number of benzene rings is 1. The zero-order chi connectivity index (χ0) is 13.4. The molecule has 1 aromatic carbocycles. The van der Waals surface area contributed by atoms with Gasteiger partial charge in [0.15, 0.2) is 0 Å². The van der Waals surface area contributed by atoms with E-state index >= 15 is 0 Å². The Balaban J connectivity index is 2.60. The SMILES string of the molecule is CCCSCC(Cc1cc(F)ccc1F)NCC. The maximum atomic E-state index is 13.6. The first kappa shape index (κ1) is 15.4. The van der Waals surface area contributed by atoms with Crippen LogP contribution in [-0.4, -0.2) is 24.1 Å². The molecule has 102 valence electrons. The third-order valence-electron chi connectivity index (χ3n) is 2.63. The summed E-state index contributed by atoms with van der Waals surface area (Å²) >= 11 is 1.85. The fourth-order valence-electron chi connectivity index (χ4n) is 1.81. The van der Waals surface area contributed by atoms with E-state index in [0.29, 0.717) is 12.0 Å². The van der Waals surface area contributed by atoms with Gasteiger partial charge in [-0.15, -0.1) is 0 Å². The van der Waals surface area contributed by atoms with Crippen LogP contribution in [0, 0.1) is 11.6 Å². The van der Waals surface area contributed by atoms with Crippen LogP contribution >= 0.6 is 11.8 Å². The van der Waals surface area contributed by atoms with E-state index in [4.69, 9.17) is 0 Å². The van der Waals surface area contributed by atoms with Gasteiger partial charge < -0.3 is 5.32 Å². The van der Waals surface area contributed by atoms with Gasteiger partial charge in [-0.3, -0.25) is 0 Å². The number of likely N-dealkylation sites (N-methyl/N-ethyl adjacent to an activating group) is 1. The molecule has 1 nitrogen and oxygen atoms in total. The van der Waals surface area contributed by atoms with Crippen LogP contribution in [0.2, 0.25) is 0 Å². The van der Waals surface area contributed by atoms with Crippen LogP contribution in [0.25, 0.3) is 0 Å². The minimum atomic E-state index is -0.372. The van der Waals surface area contributed by atoms with E-state index in [0.717, 1.165) is 30.5 Å². The zero-order valence-corrected chi connectivity index (χ0v) is 11.8. The molecule has 1 atom stereocenters. The molecule has 1 aromatic rings. The van der Waals surface area contributed by atoms with Gasteiger partial charge in [-0.2, -0.15) is 11.8 Å². The molecule has 0 heterocycles. The lowest BCUT2D eigenvalue weighted by Crippen LogP contribution is -2.33. The first-order valence-electron chi connectivity index (χ1n) is 6.42. The van der Waals surface area contributed by atoms with Crippen LogP contribution in [0.15, 0.2) is 18.2 Å². The molecule has 0 aliphatic rings. The van der Waals surface area contributed by atoms with Gasteiger partial charge in [-0.1, -0.05) is 13.8 Å². The van der Waals surface area contributed by atoms with E-state index in [9.17, 15) is 8.78 Å². The number of rotatable bonds is 8. The molecule has 0 aromatic heterocycles. The lowest BCUT2D eigenvalue weighted by atomic mass is 10.1. The molecular formula is C14H21F2NS. The van der Waals surface area contributed by atoms with E-state index in [2.05, 4.69) is 12.2 Å². The highest BCUT2D eigenvalue weighted by Gasteiger charge is 2.12. The molecule has 1 N–H and O–H groups in total. The summed E-state index contributed by atoms with van der Waals surface area (Å²) < 4.78 is 26.7. The third-order valence-corrected chi connectivity index (χ3v) is 3.97. The number of hydrogen-bond donors (Lipinski definition) is 1. The van der Waals surface area contributed by atoms with E-state index in [1.165, 1.54) is 12.1 Å². The molecule has 0 saturated heterocycles. The fraction of sp³-hybridized carbons (Fsp3) is 0.571. The van der Waals surface area contributed by atoms with Crippen molar-refractivity contribution in [3.05, 3.63) is 35.4 Å². The van der Waals surface area contributed by atoms with Crippen LogP contribution in [-0.2, 0) is 6.42 Å². The van der Waals surface area contributed by atoms with Crippen molar-refractivity contribution in [1.29, 1.82) is 0 Å². The Morgan fingerprint density at radius 3 is 2.72 bits per heavy atom. The predicted molar refractivity (Wildman–Crippen MR) is 75.1 cm³/mol. The summed E-state index contributed by atoms with van der Waals surface area (Å²) in [6, 6.07) is 3.85.